The van der Waals surface area contributed by atoms with Crippen molar-refractivity contribution < 1.29 is 18.7 Å². The number of amides is 2. The van der Waals surface area contributed by atoms with Gasteiger partial charge in [-0.2, -0.15) is 0 Å². The zero-order chi connectivity index (χ0) is 16.4. The molecule has 2 heterocycles. The SMILES string of the molecule is Cc1c(C(=O)NCC(=O)N2CCOCC2)sc2ccc(F)cc12. The third kappa shape index (κ3) is 3.35. The number of halogens is 1. The minimum absolute atomic E-state index is 0.0408. The van der Waals surface area contributed by atoms with E-state index in [1.165, 1.54) is 23.5 Å². The smallest absolute Gasteiger partial charge is 0.262 e. The number of hydrogen-bond donors (Lipinski definition) is 1. The van der Waals surface area contributed by atoms with Crippen LogP contribution in [0, 0.1) is 12.7 Å². The lowest BCUT2D eigenvalue weighted by Gasteiger charge is -2.26. The van der Waals surface area contributed by atoms with E-state index in [1.54, 1.807) is 17.9 Å². The van der Waals surface area contributed by atoms with Crippen molar-refractivity contribution >= 4 is 33.2 Å². The van der Waals surface area contributed by atoms with E-state index in [4.69, 9.17) is 4.74 Å². The summed E-state index contributed by atoms with van der Waals surface area (Å²) in [4.78, 5) is 26.6. The van der Waals surface area contributed by atoms with Gasteiger partial charge in [-0.25, -0.2) is 4.39 Å². The number of morpholine rings is 1. The maximum Gasteiger partial charge on any atom is 0.262 e. The molecule has 1 aromatic heterocycles. The normalized spacial score (nSPS) is 15.0. The zero-order valence-corrected chi connectivity index (χ0v) is 13.5. The molecule has 1 aliphatic rings. The number of nitrogens with one attached hydrogen (secondary N) is 1. The average molecular weight is 336 g/mol. The summed E-state index contributed by atoms with van der Waals surface area (Å²) in [7, 11) is 0. The van der Waals surface area contributed by atoms with Crippen LogP contribution in [0.1, 0.15) is 15.2 Å². The van der Waals surface area contributed by atoms with Crippen molar-refractivity contribution in [2.24, 2.45) is 0 Å². The Morgan fingerprint density at radius 1 is 1.35 bits per heavy atom. The molecule has 1 fully saturated rings. The predicted molar refractivity (Wildman–Crippen MR) is 86.3 cm³/mol. The van der Waals surface area contributed by atoms with Crippen LogP contribution in [0.25, 0.3) is 10.1 Å². The highest BCUT2D eigenvalue weighted by molar-refractivity contribution is 7.21. The molecule has 0 atom stereocenters. The van der Waals surface area contributed by atoms with Crippen LogP contribution in [-0.4, -0.2) is 49.6 Å². The molecule has 23 heavy (non-hydrogen) atoms. The highest BCUT2D eigenvalue weighted by atomic mass is 32.1. The molecule has 122 valence electrons. The van der Waals surface area contributed by atoms with E-state index in [2.05, 4.69) is 5.32 Å². The maximum absolute atomic E-state index is 13.3. The zero-order valence-electron chi connectivity index (χ0n) is 12.7. The van der Waals surface area contributed by atoms with E-state index in [0.29, 0.717) is 31.2 Å². The first-order valence-electron chi connectivity index (χ1n) is 7.38. The summed E-state index contributed by atoms with van der Waals surface area (Å²) in [5.74, 6) is -0.745. The standard InChI is InChI=1S/C16H17FN2O3S/c1-10-12-8-11(17)2-3-13(12)23-15(10)16(21)18-9-14(20)19-4-6-22-7-5-19/h2-3,8H,4-7,9H2,1H3,(H,18,21). The number of benzene rings is 1. The molecule has 3 rings (SSSR count). The number of fused-ring (bicyclic) bond motifs is 1. The van der Waals surface area contributed by atoms with Crippen LogP contribution < -0.4 is 5.32 Å². The quantitative estimate of drug-likeness (QED) is 0.932. The highest BCUT2D eigenvalue weighted by Gasteiger charge is 2.20. The van der Waals surface area contributed by atoms with Crippen LogP contribution in [0.4, 0.5) is 4.39 Å². The second kappa shape index (κ2) is 6.64. The first kappa shape index (κ1) is 15.9. The Kier molecular flexibility index (Phi) is 4.58. The van der Waals surface area contributed by atoms with Crippen molar-refractivity contribution in [3.05, 3.63) is 34.5 Å². The fourth-order valence-corrected chi connectivity index (χ4v) is 3.68. The van der Waals surface area contributed by atoms with Crippen molar-refractivity contribution in [2.75, 3.05) is 32.8 Å². The maximum atomic E-state index is 13.3. The predicted octanol–water partition coefficient (Wildman–Crippen LogP) is 1.94. The van der Waals surface area contributed by atoms with Gasteiger partial charge in [0.25, 0.3) is 5.91 Å². The average Bonchev–Trinajstić information content (AvgIpc) is 2.90. The molecule has 2 aromatic rings. The van der Waals surface area contributed by atoms with E-state index in [9.17, 15) is 14.0 Å². The third-order valence-corrected chi connectivity index (χ3v) is 5.14. The summed E-state index contributed by atoms with van der Waals surface area (Å²) in [5.41, 5.74) is 0.737. The molecule has 1 saturated heterocycles. The Morgan fingerprint density at radius 3 is 2.83 bits per heavy atom. The van der Waals surface area contributed by atoms with E-state index in [1.807, 2.05) is 0 Å². The van der Waals surface area contributed by atoms with Gasteiger partial charge in [-0.3, -0.25) is 9.59 Å². The van der Waals surface area contributed by atoms with Gasteiger partial charge < -0.3 is 15.0 Å². The summed E-state index contributed by atoms with van der Waals surface area (Å²) in [5, 5.41) is 3.39. The molecular formula is C16H17FN2O3S. The van der Waals surface area contributed by atoms with Crippen LogP contribution in [0.15, 0.2) is 18.2 Å². The van der Waals surface area contributed by atoms with Crippen LogP contribution in [0.3, 0.4) is 0 Å². The highest BCUT2D eigenvalue weighted by Crippen LogP contribution is 2.31. The van der Waals surface area contributed by atoms with E-state index < -0.39 is 0 Å². The van der Waals surface area contributed by atoms with Gasteiger partial charge >= 0.3 is 0 Å². The molecule has 2 amide bonds. The second-order valence-electron chi connectivity index (χ2n) is 5.37. The summed E-state index contributed by atoms with van der Waals surface area (Å²) in [6, 6.07) is 4.47. The topological polar surface area (TPSA) is 58.6 Å². The van der Waals surface area contributed by atoms with Crippen molar-refractivity contribution in [2.45, 2.75) is 6.92 Å². The Balaban J connectivity index is 1.68. The second-order valence-corrected chi connectivity index (χ2v) is 6.42. The van der Waals surface area contributed by atoms with Crippen molar-refractivity contribution in [3.63, 3.8) is 0 Å². The lowest BCUT2D eigenvalue weighted by Crippen LogP contribution is -2.45. The van der Waals surface area contributed by atoms with E-state index in [0.717, 1.165) is 15.6 Å². The number of rotatable bonds is 3. The monoisotopic (exact) mass is 336 g/mol. The van der Waals surface area contributed by atoms with Crippen LogP contribution in [-0.2, 0) is 9.53 Å². The summed E-state index contributed by atoms with van der Waals surface area (Å²) >= 11 is 1.30. The molecule has 1 aromatic carbocycles. The Bertz CT molecular complexity index is 753. The Hall–Kier alpha value is -1.99. The van der Waals surface area contributed by atoms with E-state index in [-0.39, 0.29) is 24.2 Å². The number of ether oxygens (including phenoxy) is 1. The molecule has 5 nitrogen and oxygen atoms in total. The molecule has 0 saturated carbocycles. The lowest BCUT2D eigenvalue weighted by atomic mass is 10.1. The van der Waals surface area contributed by atoms with Crippen molar-refractivity contribution in [1.82, 2.24) is 10.2 Å². The van der Waals surface area contributed by atoms with Gasteiger partial charge in [-0.15, -0.1) is 11.3 Å². The minimum atomic E-state index is -0.326. The molecule has 0 radical (unpaired) electrons. The number of hydrogen-bond acceptors (Lipinski definition) is 4. The summed E-state index contributed by atoms with van der Waals surface area (Å²) in [6.07, 6.45) is 0. The third-order valence-electron chi connectivity index (χ3n) is 3.87. The lowest BCUT2D eigenvalue weighted by molar-refractivity contribution is -0.134. The van der Waals surface area contributed by atoms with Gasteiger partial charge in [0.1, 0.15) is 5.82 Å². The molecule has 0 bridgehead atoms. The summed E-state index contributed by atoms with van der Waals surface area (Å²) < 4.78 is 19.4. The Morgan fingerprint density at radius 2 is 2.09 bits per heavy atom. The molecule has 0 aliphatic carbocycles. The van der Waals surface area contributed by atoms with Gasteiger partial charge in [-0.05, 0) is 36.1 Å². The van der Waals surface area contributed by atoms with Crippen LogP contribution in [0.2, 0.25) is 0 Å². The van der Waals surface area contributed by atoms with Gasteiger partial charge in [-0.1, -0.05) is 0 Å². The largest absolute Gasteiger partial charge is 0.378 e. The molecule has 0 spiro atoms. The van der Waals surface area contributed by atoms with Gasteiger partial charge in [0.15, 0.2) is 0 Å². The van der Waals surface area contributed by atoms with E-state index >= 15 is 0 Å². The first-order chi connectivity index (χ1) is 11.1. The molecule has 0 unspecified atom stereocenters. The number of carbonyl (C=O) groups is 2. The fourth-order valence-electron chi connectivity index (χ4n) is 2.57. The van der Waals surface area contributed by atoms with Crippen molar-refractivity contribution in [1.29, 1.82) is 0 Å². The number of aryl methyl sites for hydroxylation is 1. The minimum Gasteiger partial charge on any atom is -0.378 e. The molecule has 1 N–H and O–H groups in total. The fraction of sp³-hybridized carbons (Fsp3) is 0.375. The molecule has 1 aliphatic heterocycles. The van der Waals surface area contributed by atoms with Gasteiger partial charge in [0.2, 0.25) is 5.91 Å². The van der Waals surface area contributed by atoms with Crippen LogP contribution >= 0.6 is 11.3 Å². The molecular weight excluding hydrogens is 319 g/mol. The summed E-state index contributed by atoms with van der Waals surface area (Å²) in [6.45, 7) is 3.91. The number of thiophene rings is 1. The van der Waals surface area contributed by atoms with Gasteiger partial charge in [0.05, 0.1) is 24.6 Å². The Labute approximate surface area is 137 Å². The van der Waals surface area contributed by atoms with Crippen molar-refractivity contribution in [3.8, 4) is 0 Å². The van der Waals surface area contributed by atoms with Crippen LogP contribution in [0.5, 0.6) is 0 Å². The number of carbonyl (C=O) groups excluding carboxylic acids is 2. The number of nitrogens with zero attached hydrogens (tertiary/aromatic N) is 1. The first-order valence-corrected chi connectivity index (χ1v) is 8.20. The molecule has 7 heteroatoms. The van der Waals surface area contributed by atoms with Gasteiger partial charge in [0, 0.05) is 17.8 Å².